The van der Waals surface area contributed by atoms with E-state index in [1.807, 2.05) is 0 Å². The molecule has 1 saturated heterocycles. The molecular formula is C20H26F2N4. The minimum Gasteiger partial charge on any atom is -0.370 e. The van der Waals surface area contributed by atoms with Crippen molar-refractivity contribution in [1.29, 1.82) is 0 Å². The second-order valence-electron chi connectivity index (χ2n) is 7.32. The molecule has 2 aliphatic heterocycles. The van der Waals surface area contributed by atoms with Crippen LogP contribution in [-0.4, -0.2) is 40.9 Å². The fourth-order valence-electron chi connectivity index (χ4n) is 4.05. The number of anilines is 1. The number of rotatable bonds is 4. The molecule has 2 aliphatic rings. The van der Waals surface area contributed by atoms with E-state index in [-0.39, 0.29) is 0 Å². The van der Waals surface area contributed by atoms with Crippen molar-refractivity contribution in [3.05, 3.63) is 41.1 Å². The maximum atomic E-state index is 14.4. The maximum Gasteiger partial charge on any atom is 0.151 e. The lowest BCUT2D eigenvalue weighted by Crippen LogP contribution is -2.31. The Labute approximate surface area is 153 Å². The summed E-state index contributed by atoms with van der Waals surface area (Å²) in [6.07, 6.45) is 7.90. The summed E-state index contributed by atoms with van der Waals surface area (Å²) in [5, 5.41) is 8.16. The summed E-state index contributed by atoms with van der Waals surface area (Å²) >= 11 is 0. The van der Waals surface area contributed by atoms with Crippen LogP contribution >= 0.6 is 0 Å². The standard InChI is InChI=1S/C20H26F2N4/c21-15-7-8-19(17(22)14-15)26-20-16(6-2-3-10-23-20)18(24-26)9-13-25-11-4-1-5-12-25/h7-8,14,23H,1-6,9-13H2. The van der Waals surface area contributed by atoms with Crippen molar-refractivity contribution in [1.82, 2.24) is 14.7 Å². The highest BCUT2D eigenvalue weighted by Crippen LogP contribution is 2.29. The van der Waals surface area contributed by atoms with Crippen LogP contribution in [0.1, 0.15) is 43.4 Å². The van der Waals surface area contributed by atoms with E-state index in [9.17, 15) is 8.78 Å². The van der Waals surface area contributed by atoms with Crippen molar-refractivity contribution in [2.75, 3.05) is 31.5 Å². The van der Waals surface area contributed by atoms with Crippen LogP contribution in [-0.2, 0) is 12.8 Å². The monoisotopic (exact) mass is 360 g/mol. The molecule has 26 heavy (non-hydrogen) atoms. The molecule has 0 unspecified atom stereocenters. The molecule has 0 bridgehead atoms. The van der Waals surface area contributed by atoms with Gasteiger partial charge in [0.05, 0.1) is 5.69 Å². The Hall–Kier alpha value is -1.95. The van der Waals surface area contributed by atoms with Crippen molar-refractivity contribution in [3.63, 3.8) is 0 Å². The van der Waals surface area contributed by atoms with Gasteiger partial charge in [-0.1, -0.05) is 6.42 Å². The number of halogens is 2. The average Bonchev–Trinajstić information content (AvgIpc) is 2.81. The predicted molar refractivity (Wildman–Crippen MR) is 98.9 cm³/mol. The molecule has 1 aromatic heterocycles. The normalized spacial score (nSPS) is 18.2. The van der Waals surface area contributed by atoms with Crippen molar-refractivity contribution in [2.24, 2.45) is 0 Å². The van der Waals surface area contributed by atoms with Gasteiger partial charge in [0.2, 0.25) is 0 Å². The minimum atomic E-state index is -0.580. The molecule has 6 heteroatoms. The van der Waals surface area contributed by atoms with Crippen LogP contribution in [0.3, 0.4) is 0 Å². The molecule has 0 amide bonds. The van der Waals surface area contributed by atoms with Gasteiger partial charge < -0.3 is 10.2 Å². The number of benzene rings is 1. The highest BCUT2D eigenvalue weighted by atomic mass is 19.1. The third kappa shape index (κ3) is 3.61. The van der Waals surface area contributed by atoms with Crippen LogP contribution in [0.2, 0.25) is 0 Å². The lowest BCUT2D eigenvalue weighted by Gasteiger charge is -2.26. The first-order chi connectivity index (χ1) is 12.7. The van der Waals surface area contributed by atoms with Crippen LogP contribution in [0.25, 0.3) is 5.69 Å². The van der Waals surface area contributed by atoms with Gasteiger partial charge in [0.15, 0.2) is 5.82 Å². The van der Waals surface area contributed by atoms with E-state index in [0.29, 0.717) is 5.69 Å². The molecule has 0 spiro atoms. The molecule has 2 aromatic rings. The highest BCUT2D eigenvalue weighted by molar-refractivity contribution is 5.54. The summed E-state index contributed by atoms with van der Waals surface area (Å²) in [7, 11) is 0. The molecule has 0 saturated carbocycles. The summed E-state index contributed by atoms with van der Waals surface area (Å²) in [4.78, 5) is 2.50. The van der Waals surface area contributed by atoms with E-state index in [2.05, 4.69) is 10.2 Å². The second kappa shape index (κ2) is 7.74. The van der Waals surface area contributed by atoms with Gasteiger partial charge in [-0.3, -0.25) is 0 Å². The van der Waals surface area contributed by atoms with E-state index < -0.39 is 11.6 Å². The van der Waals surface area contributed by atoms with Crippen LogP contribution in [0.15, 0.2) is 18.2 Å². The largest absolute Gasteiger partial charge is 0.370 e. The fraction of sp³-hybridized carbons (Fsp3) is 0.550. The smallest absolute Gasteiger partial charge is 0.151 e. The Kier molecular flexibility index (Phi) is 5.20. The van der Waals surface area contributed by atoms with Crippen LogP contribution < -0.4 is 5.32 Å². The zero-order valence-electron chi connectivity index (χ0n) is 15.1. The number of hydrogen-bond acceptors (Lipinski definition) is 3. The van der Waals surface area contributed by atoms with Crippen molar-refractivity contribution in [3.8, 4) is 5.69 Å². The van der Waals surface area contributed by atoms with Gasteiger partial charge in [-0.2, -0.15) is 5.10 Å². The van der Waals surface area contributed by atoms with Crippen LogP contribution in [0, 0.1) is 11.6 Å². The molecule has 1 fully saturated rings. The quantitative estimate of drug-likeness (QED) is 0.897. The molecule has 1 N–H and O–H groups in total. The molecule has 3 heterocycles. The topological polar surface area (TPSA) is 33.1 Å². The lowest BCUT2D eigenvalue weighted by molar-refractivity contribution is 0.230. The van der Waals surface area contributed by atoms with E-state index in [4.69, 9.17) is 5.10 Å². The Morgan fingerprint density at radius 1 is 1.04 bits per heavy atom. The number of hydrogen-bond donors (Lipinski definition) is 1. The number of nitrogens with zero attached hydrogens (tertiary/aromatic N) is 3. The van der Waals surface area contributed by atoms with Crippen LogP contribution in [0.4, 0.5) is 14.6 Å². The molecular weight excluding hydrogens is 334 g/mol. The summed E-state index contributed by atoms with van der Waals surface area (Å²) < 4.78 is 29.3. The zero-order chi connectivity index (χ0) is 17.9. The molecule has 0 atom stereocenters. The summed E-state index contributed by atoms with van der Waals surface area (Å²) in [6, 6.07) is 3.68. The van der Waals surface area contributed by atoms with E-state index in [1.165, 1.54) is 37.0 Å². The number of likely N-dealkylation sites (tertiary alicyclic amines) is 1. The summed E-state index contributed by atoms with van der Waals surface area (Å²) in [5.41, 5.74) is 2.55. The van der Waals surface area contributed by atoms with E-state index in [1.54, 1.807) is 4.68 Å². The Balaban J connectivity index is 1.64. The number of aromatic nitrogens is 2. The third-order valence-electron chi connectivity index (χ3n) is 5.46. The number of piperidine rings is 1. The second-order valence-corrected chi connectivity index (χ2v) is 7.32. The summed E-state index contributed by atoms with van der Waals surface area (Å²) in [5.74, 6) is -0.270. The van der Waals surface area contributed by atoms with Gasteiger partial charge in [0.25, 0.3) is 0 Å². The number of fused-ring (bicyclic) bond motifs is 1. The van der Waals surface area contributed by atoms with Gasteiger partial charge >= 0.3 is 0 Å². The van der Waals surface area contributed by atoms with Crippen molar-refractivity contribution in [2.45, 2.75) is 44.9 Å². The van der Waals surface area contributed by atoms with Gasteiger partial charge in [-0.25, -0.2) is 13.5 Å². The molecule has 140 valence electrons. The lowest BCUT2D eigenvalue weighted by atomic mass is 10.1. The molecule has 0 radical (unpaired) electrons. The highest BCUT2D eigenvalue weighted by Gasteiger charge is 2.22. The fourth-order valence-corrected chi connectivity index (χ4v) is 4.05. The van der Waals surface area contributed by atoms with Gasteiger partial charge in [0.1, 0.15) is 17.3 Å². The summed E-state index contributed by atoms with van der Waals surface area (Å²) in [6.45, 7) is 4.17. The van der Waals surface area contributed by atoms with Gasteiger partial charge in [-0.15, -0.1) is 0 Å². The first kappa shape index (κ1) is 17.5. The van der Waals surface area contributed by atoms with Gasteiger partial charge in [-0.05, 0) is 57.3 Å². The van der Waals surface area contributed by atoms with Crippen LogP contribution in [0.5, 0.6) is 0 Å². The molecule has 4 nitrogen and oxygen atoms in total. The predicted octanol–water partition coefficient (Wildman–Crippen LogP) is 3.93. The Morgan fingerprint density at radius 2 is 1.88 bits per heavy atom. The first-order valence-corrected chi connectivity index (χ1v) is 9.75. The van der Waals surface area contributed by atoms with Gasteiger partial charge in [0, 0.05) is 31.1 Å². The SMILES string of the molecule is Fc1ccc(-n2nc(CCN3CCCCC3)c3c2NCCCC3)c(F)c1. The first-order valence-electron chi connectivity index (χ1n) is 9.75. The van der Waals surface area contributed by atoms with E-state index >= 15 is 0 Å². The third-order valence-corrected chi connectivity index (χ3v) is 5.46. The minimum absolute atomic E-state index is 0.307. The molecule has 4 rings (SSSR count). The van der Waals surface area contributed by atoms with E-state index in [0.717, 1.165) is 69.4 Å². The zero-order valence-corrected chi connectivity index (χ0v) is 15.1. The average molecular weight is 360 g/mol. The maximum absolute atomic E-state index is 14.4. The Morgan fingerprint density at radius 3 is 2.69 bits per heavy atom. The Bertz CT molecular complexity index is 765. The van der Waals surface area contributed by atoms with Crippen molar-refractivity contribution >= 4 is 5.82 Å². The molecule has 0 aliphatic carbocycles. The number of nitrogens with one attached hydrogen (secondary N) is 1. The molecule has 1 aromatic carbocycles. The van der Waals surface area contributed by atoms with Crippen molar-refractivity contribution < 1.29 is 8.78 Å².